The van der Waals surface area contributed by atoms with E-state index in [0.717, 1.165) is 29.8 Å². The highest BCUT2D eigenvalue weighted by Gasteiger charge is 2.22. The van der Waals surface area contributed by atoms with E-state index in [-0.39, 0.29) is 0 Å². The Balaban J connectivity index is 1.33. The molecule has 35 heavy (non-hydrogen) atoms. The summed E-state index contributed by atoms with van der Waals surface area (Å²) in [5, 5.41) is 11.0. The van der Waals surface area contributed by atoms with Crippen molar-refractivity contribution >= 4 is 29.1 Å². The number of anilines is 2. The second-order valence-corrected chi connectivity index (χ2v) is 9.10. The third kappa shape index (κ3) is 5.46. The van der Waals surface area contributed by atoms with E-state index in [4.69, 9.17) is 21.4 Å². The van der Waals surface area contributed by atoms with Crippen molar-refractivity contribution in [3.8, 4) is 17.2 Å². The van der Waals surface area contributed by atoms with E-state index < -0.39 is 6.03 Å². The number of carbonyl (C=O) groups excluding carboxylic acids is 1. The monoisotopic (exact) mass is 487 g/mol. The largest absolute Gasteiger partial charge is 0.457 e. The summed E-state index contributed by atoms with van der Waals surface area (Å²) in [4.78, 5) is 16.9. The van der Waals surface area contributed by atoms with Crippen molar-refractivity contribution in [3.63, 3.8) is 0 Å². The molecular formula is C27H26ClN5O2. The summed E-state index contributed by atoms with van der Waals surface area (Å²) in [7, 11) is 0. The zero-order valence-electron chi connectivity index (χ0n) is 19.4. The van der Waals surface area contributed by atoms with Crippen molar-refractivity contribution in [1.82, 2.24) is 14.8 Å². The van der Waals surface area contributed by atoms with Crippen LogP contribution in [-0.4, -0.2) is 20.8 Å². The first-order valence-electron chi connectivity index (χ1n) is 11.7. The first-order valence-corrected chi connectivity index (χ1v) is 12.1. The molecule has 0 atom stereocenters. The Morgan fingerprint density at radius 3 is 2.54 bits per heavy atom. The number of aromatic nitrogens is 3. The smallest absolute Gasteiger partial charge is 0.324 e. The molecule has 0 aliphatic heterocycles. The van der Waals surface area contributed by atoms with Crippen LogP contribution in [-0.2, 0) is 0 Å². The lowest BCUT2D eigenvalue weighted by atomic mass is 10.0. The van der Waals surface area contributed by atoms with Crippen molar-refractivity contribution in [1.29, 1.82) is 0 Å². The second kappa shape index (κ2) is 10.2. The molecule has 0 unspecified atom stereocenters. The number of hydrogen-bond donors (Lipinski definition) is 2. The van der Waals surface area contributed by atoms with E-state index in [2.05, 4.69) is 15.6 Å². The number of carbonyl (C=O) groups is 1. The van der Waals surface area contributed by atoms with E-state index in [1.165, 1.54) is 12.8 Å². The number of aryl methyl sites for hydroxylation is 1. The lowest BCUT2D eigenvalue weighted by molar-refractivity contribution is 0.262. The van der Waals surface area contributed by atoms with Crippen LogP contribution in [0, 0.1) is 6.92 Å². The molecule has 0 spiro atoms. The van der Waals surface area contributed by atoms with Crippen LogP contribution in [0.3, 0.4) is 0 Å². The summed E-state index contributed by atoms with van der Waals surface area (Å²) in [5.74, 6) is 2.25. The molecule has 0 radical (unpaired) electrons. The van der Waals surface area contributed by atoms with Crippen LogP contribution in [0.15, 0.2) is 73.1 Å². The molecule has 1 aliphatic carbocycles. The van der Waals surface area contributed by atoms with Crippen LogP contribution in [0.1, 0.15) is 42.9 Å². The van der Waals surface area contributed by atoms with E-state index >= 15 is 0 Å². The molecule has 1 aliphatic rings. The number of benzene rings is 2. The molecule has 8 heteroatoms. The SMILES string of the molecule is Cc1cccc(-n2nc(C3CCCC3)cc2NC(=O)Nc2ccc(Oc3ccncc3)cc2Cl)c1. The zero-order chi connectivity index (χ0) is 24.2. The molecule has 2 N–H and O–H groups in total. The fourth-order valence-corrected chi connectivity index (χ4v) is 4.56. The number of hydrogen-bond acceptors (Lipinski definition) is 4. The first-order chi connectivity index (χ1) is 17.0. The van der Waals surface area contributed by atoms with Gasteiger partial charge < -0.3 is 10.1 Å². The molecule has 7 nitrogen and oxygen atoms in total. The van der Waals surface area contributed by atoms with Crippen LogP contribution >= 0.6 is 11.6 Å². The van der Waals surface area contributed by atoms with Crippen LogP contribution < -0.4 is 15.4 Å². The Morgan fingerprint density at radius 2 is 1.80 bits per heavy atom. The highest BCUT2D eigenvalue weighted by molar-refractivity contribution is 6.34. The van der Waals surface area contributed by atoms with Gasteiger partial charge in [-0.1, -0.05) is 36.6 Å². The van der Waals surface area contributed by atoms with Crippen LogP contribution in [0.4, 0.5) is 16.3 Å². The van der Waals surface area contributed by atoms with Gasteiger partial charge in [0.1, 0.15) is 17.3 Å². The number of halogens is 1. The lowest BCUT2D eigenvalue weighted by Crippen LogP contribution is -2.21. The van der Waals surface area contributed by atoms with Crippen LogP contribution in [0.5, 0.6) is 11.5 Å². The Labute approximate surface area is 209 Å². The van der Waals surface area contributed by atoms with Gasteiger partial charge >= 0.3 is 6.03 Å². The van der Waals surface area contributed by atoms with Gasteiger partial charge in [0.2, 0.25) is 0 Å². The maximum absolute atomic E-state index is 12.9. The zero-order valence-corrected chi connectivity index (χ0v) is 20.1. The third-order valence-electron chi connectivity index (χ3n) is 6.06. The quantitative estimate of drug-likeness (QED) is 0.298. The summed E-state index contributed by atoms with van der Waals surface area (Å²) in [6.07, 6.45) is 7.97. The van der Waals surface area contributed by atoms with Gasteiger partial charge in [0.15, 0.2) is 0 Å². The lowest BCUT2D eigenvalue weighted by Gasteiger charge is -2.12. The highest BCUT2D eigenvalue weighted by Crippen LogP contribution is 2.35. The van der Waals surface area contributed by atoms with E-state index in [1.807, 2.05) is 37.3 Å². The molecule has 1 fully saturated rings. The molecule has 2 aromatic heterocycles. The van der Waals surface area contributed by atoms with Crippen molar-refractivity contribution < 1.29 is 9.53 Å². The van der Waals surface area contributed by atoms with Crippen molar-refractivity contribution in [2.75, 3.05) is 10.6 Å². The summed E-state index contributed by atoms with van der Waals surface area (Å²) in [6.45, 7) is 2.04. The number of amides is 2. The van der Waals surface area contributed by atoms with Gasteiger partial charge in [-0.2, -0.15) is 5.10 Å². The van der Waals surface area contributed by atoms with Crippen molar-refractivity contribution in [2.24, 2.45) is 0 Å². The van der Waals surface area contributed by atoms with Gasteiger partial charge in [0.05, 0.1) is 22.1 Å². The van der Waals surface area contributed by atoms with Gasteiger partial charge in [-0.05, 0) is 61.7 Å². The summed E-state index contributed by atoms with van der Waals surface area (Å²) >= 11 is 6.43. The molecule has 2 amide bonds. The summed E-state index contributed by atoms with van der Waals surface area (Å²) < 4.78 is 7.58. The first kappa shape index (κ1) is 22.9. The van der Waals surface area contributed by atoms with Crippen molar-refractivity contribution in [2.45, 2.75) is 38.5 Å². The van der Waals surface area contributed by atoms with E-state index in [1.54, 1.807) is 47.4 Å². The highest BCUT2D eigenvalue weighted by atomic mass is 35.5. The predicted molar refractivity (Wildman–Crippen MR) is 138 cm³/mol. The van der Waals surface area contributed by atoms with Gasteiger partial charge in [0, 0.05) is 30.4 Å². The number of nitrogens with zero attached hydrogens (tertiary/aromatic N) is 3. The minimum Gasteiger partial charge on any atom is -0.457 e. The molecular weight excluding hydrogens is 462 g/mol. The Morgan fingerprint density at radius 1 is 1.00 bits per heavy atom. The minimum atomic E-state index is -0.401. The van der Waals surface area contributed by atoms with E-state index in [9.17, 15) is 4.79 Å². The second-order valence-electron chi connectivity index (χ2n) is 8.69. The molecule has 178 valence electrons. The Bertz CT molecular complexity index is 1330. The number of pyridine rings is 1. The topological polar surface area (TPSA) is 81.1 Å². The fourth-order valence-electron chi connectivity index (χ4n) is 4.34. The molecule has 0 bridgehead atoms. The Hall–Kier alpha value is -3.84. The van der Waals surface area contributed by atoms with Gasteiger partial charge in [-0.25, -0.2) is 9.48 Å². The number of ether oxygens (including phenoxy) is 1. The fraction of sp³-hybridized carbons (Fsp3) is 0.222. The average Bonchev–Trinajstić information content (AvgIpc) is 3.52. The number of rotatable bonds is 6. The molecule has 1 saturated carbocycles. The number of urea groups is 1. The maximum Gasteiger partial charge on any atom is 0.324 e. The van der Waals surface area contributed by atoms with Crippen molar-refractivity contribution in [3.05, 3.63) is 89.3 Å². The van der Waals surface area contributed by atoms with Crippen LogP contribution in [0.2, 0.25) is 5.02 Å². The standard InChI is InChI=1S/C27H26ClN5O2/c1-18-5-4-8-20(15-18)33-26(17-25(32-33)19-6-2-3-7-19)31-27(34)30-24-10-9-22(16-23(24)28)35-21-11-13-29-14-12-21/h4-5,8-17,19H,2-3,6-7H2,1H3,(H2,30,31,34). The molecule has 4 aromatic rings. The van der Waals surface area contributed by atoms with Gasteiger partial charge in [-0.15, -0.1) is 0 Å². The number of nitrogens with one attached hydrogen (secondary N) is 2. The van der Waals surface area contributed by atoms with Crippen LogP contribution in [0.25, 0.3) is 5.69 Å². The van der Waals surface area contributed by atoms with Gasteiger partial charge in [-0.3, -0.25) is 10.3 Å². The maximum atomic E-state index is 12.9. The Kier molecular flexibility index (Phi) is 6.68. The summed E-state index contributed by atoms with van der Waals surface area (Å²) in [6, 6.07) is 18.3. The normalized spacial score (nSPS) is 13.5. The molecule has 2 heterocycles. The molecule has 5 rings (SSSR count). The van der Waals surface area contributed by atoms with E-state index in [0.29, 0.717) is 33.9 Å². The molecule has 0 saturated heterocycles. The average molecular weight is 488 g/mol. The minimum absolute atomic E-state index is 0.366. The van der Waals surface area contributed by atoms with Gasteiger partial charge in [0.25, 0.3) is 0 Å². The predicted octanol–water partition coefficient (Wildman–Crippen LogP) is 7.32. The summed E-state index contributed by atoms with van der Waals surface area (Å²) in [5.41, 5.74) is 3.51. The molecule has 2 aromatic carbocycles. The third-order valence-corrected chi connectivity index (χ3v) is 6.38.